The van der Waals surface area contributed by atoms with E-state index in [4.69, 9.17) is 0 Å². The Morgan fingerprint density at radius 3 is 2.40 bits per heavy atom. The number of rotatable bonds is 8. The molecule has 0 aromatic rings. The molecule has 1 unspecified atom stereocenters. The highest BCUT2D eigenvalue weighted by atomic mass is 16.1. The average molecular weight is 213 g/mol. The van der Waals surface area contributed by atoms with E-state index >= 15 is 0 Å². The van der Waals surface area contributed by atoms with Crippen LogP contribution in [0.2, 0.25) is 0 Å². The fourth-order valence-corrected chi connectivity index (χ4v) is 1.20. The van der Waals surface area contributed by atoms with Crippen molar-refractivity contribution in [2.45, 2.75) is 52.9 Å². The Morgan fingerprint density at radius 2 is 1.87 bits per heavy atom. The van der Waals surface area contributed by atoms with Gasteiger partial charge in [-0.1, -0.05) is 20.8 Å². The molecule has 3 heteroatoms. The summed E-state index contributed by atoms with van der Waals surface area (Å²) in [5, 5.41) is 2.87. The molecule has 0 fully saturated rings. The number of unbranched alkanes of at least 4 members (excludes halogenated alkanes) is 1. The molecule has 1 N–H and O–H groups in total. The average Bonchev–Trinajstić information content (AvgIpc) is 2.26. The summed E-state index contributed by atoms with van der Waals surface area (Å²) >= 11 is 0. The number of carbonyl (C=O) groups is 2. The molecule has 0 heterocycles. The zero-order valence-electron chi connectivity index (χ0n) is 10.1. The molecule has 88 valence electrons. The molecule has 0 aliphatic carbocycles. The van der Waals surface area contributed by atoms with Crippen LogP contribution in [0.3, 0.4) is 0 Å². The fourth-order valence-electron chi connectivity index (χ4n) is 1.20. The van der Waals surface area contributed by atoms with Crippen LogP contribution in [0.25, 0.3) is 0 Å². The highest BCUT2D eigenvalue weighted by Gasteiger charge is 2.08. The van der Waals surface area contributed by atoms with Crippen molar-refractivity contribution in [3.63, 3.8) is 0 Å². The molecule has 1 amide bonds. The highest BCUT2D eigenvalue weighted by molar-refractivity contribution is 5.78. The van der Waals surface area contributed by atoms with Gasteiger partial charge in [0.1, 0.15) is 5.78 Å². The molecule has 0 spiro atoms. The van der Waals surface area contributed by atoms with E-state index in [1.807, 2.05) is 20.8 Å². The molecule has 3 nitrogen and oxygen atoms in total. The second-order valence-corrected chi connectivity index (χ2v) is 3.95. The summed E-state index contributed by atoms with van der Waals surface area (Å²) < 4.78 is 0. The van der Waals surface area contributed by atoms with Crippen molar-refractivity contribution in [3.05, 3.63) is 0 Å². The maximum atomic E-state index is 11.3. The van der Waals surface area contributed by atoms with Crippen LogP contribution in [0.15, 0.2) is 0 Å². The van der Waals surface area contributed by atoms with E-state index in [0.717, 1.165) is 19.3 Å². The molecule has 0 bridgehead atoms. The van der Waals surface area contributed by atoms with Gasteiger partial charge in [-0.25, -0.2) is 0 Å². The third kappa shape index (κ3) is 7.11. The molecule has 0 rings (SSSR count). The van der Waals surface area contributed by atoms with Gasteiger partial charge < -0.3 is 5.32 Å². The number of Topliss-reactive ketones (excluding diaryl/α,β-unsaturated/α-hetero) is 1. The van der Waals surface area contributed by atoms with Crippen molar-refractivity contribution < 1.29 is 9.59 Å². The van der Waals surface area contributed by atoms with E-state index in [-0.39, 0.29) is 11.8 Å². The van der Waals surface area contributed by atoms with Crippen molar-refractivity contribution in [3.8, 4) is 0 Å². The van der Waals surface area contributed by atoms with E-state index < -0.39 is 0 Å². The second kappa shape index (κ2) is 8.45. The third-order valence-corrected chi connectivity index (χ3v) is 2.64. The lowest BCUT2D eigenvalue weighted by Gasteiger charge is -2.09. The molecule has 0 radical (unpaired) electrons. The number of ketones is 1. The predicted octanol–water partition coefficient (Wildman–Crippen LogP) is 2.30. The number of amides is 1. The molecule has 0 aromatic heterocycles. The van der Waals surface area contributed by atoms with Gasteiger partial charge >= 0.3 is 0 Å². The fraction of sp³-hybridized carbons (Fsp3) is 0.833. The zero-order valence-corrected chi connectivity index (χ0v) is 10.1. The smallest absolute Gasteiger partial charge is 0.222 e. The number of hydrogen-bond acceptors (Lipinski definition) is 2. The Hall–Kier alpha value is -0.860. The van der Waals surface area contributed by atoms with Crippen molar-refractivity contribution >= 4 is 11.7 Å². The van der Waals surface area contributed by atoms with Crippen molar-refractivity contribution in [2.75, 3.05) is 6.54 Å². The normalized spacial score (nSPS) is 12.2. The summed E-state index contributed by atoms with van der Waals surface area (Å²) in [5.74, 6) is 0.532. The Kier molecular flexibility index (Phi) is 7.96. The quantitative estimate of drug-likeness (QED) is 0.629. The molecule has 0 aliphatic heterocycles. The van der Waals surface area contributed by atoms with Crippen LogP contribution >= 0.6 is 0 Å². The summed E-state index contributed by atoms with van der Waals surface area (Å²) in [6, 6.07) is 0. The molecular formula is C12H23NO2. The minimum Gasteiger partial charge on any atom is -0.356 e. The summed E-state index contributed by atoms with van der Waals surface area (Å²) in [4.78, 5) is 22.3. The van der Waals surface area contributed by atoms with Crippen LogP contribution in [0.1, 0.15) is 52.9 Å². The van der Waals surface area contributed by atoms with Gasteiger partial charge in [0.15, 0.2) is 0 Å². The molecule has 0 aromatic carbocycles. The van der Waals surface area contributed by atoms with Gasteiger partial charge in [0, 0.05) is 25.3 Å². The first-order valence-corrected chi connectivity index (χ1v) is 5.91. The van der Waals surface area contributed by atoms with Gasteiger partial charge in [-0.05, 0) is 19.3 Å². The van der Waals surface area contributed by atoms with Gasteiger partial charge in [-0.3, -0.25) is 9.59 Å². The van der Waals surface area contributed by atoms with E-state index in [0.29, 0.717) is 25.2 Å². The monoisotopic (exact) mass is 213 g/mol. The third-order valence-electron chi connectivity index (χ3n) is 2.64. The molecule has 0 saturated carbocycles. The van der Waals surface area contributed by atoms with Gasteiger partial charge in [-0.2, -0.15) is 0 Å². The van der Waals surface area contributed by atoms with E-state index in [1.165, 1.54) is 0 Å². The molecular weight excluding hydrogens is 190 g/mol. The van der Waals surface area contributed by atoms with E-state index in [9.17, 15) is 9.59 Å². The SMILES string of the molecule is CCC(=O)CCCCNC(=O)C(C)CC. The maximum Gasteiger partial charge on any atom is 0.222 e. The summed E-state index contributed by atoms with van der Waals surface area (Å²) in [6.45, 7) is 6.51. The Labute approximate surface area is 92.6 Å². The molecule has 1 atom stereocenters. The van der Waals surface area contributed by atoms with Crippen LogP contribution in [0.4, 0.5) is 0 Å². The number of hydrogen-bond donors (Lipinski definition) is 1. The summed E-state index contributed by atoms with van der Waals surface area (Å²) in [7, 11) is 0. The van der Waals surface area contributed by atoms with Crippen molar-refractivity contribution in [2.24, 2.45) is 5.92 Å². The summed E-state index contributed by atoms with van der Waals surface area (Å²) in [5.41, 5.74) is 0. The number of carbonyl (C=O) groups excluding carboxylic acids is 2. The van der Waals surface area contributed by atoms with Crippen LogP contribution < -0.4 is 5.32 Å². The van der Waals surface area contributed by atoms with Crippen molar-refractivity contribution in [1.82, 2.24) is 5.32 Å². The highest BCUT2D eigenvalue weighted by Crippen LogP contribution is 2.01. The standard InChI is InChI=1S/C12H23NO2/c1-4-10(3)12(15)13-9-7-6-8-11(14)5-2/h10H,4-9H2,1-3H3,(H,13,15). The zero-order chi connectivity index (χ0) is 11.7. The van der Waals surface area contributed by atoms with Crippen molar-refractivity contribution in [1.29, 1.82) is 0 Å². The van der Waals surface area contributed by atoms with Crippen LogP contribution in [0.5, 0.6) is 0 Å². The van der Waals surface area contributed by atoms with Crippen LogP contribution in [0, 0.1) is 5.92 Å². The second-order valence-electron chi connectivity index (χ2n) is 3.95. The van der Waals surface area contributed by atoms with Gasteiger partial charge in [-0.15, -0.1) is 0 Å². The molecule has 15 heavy (non-hydrogen) atoms. The maximum absolute atomic E-state index is 11.3. The van der Waals surface area contributed by atoms with Gasteiger partial charge in [0.25, 0.3) is 0 Å². The first-order valence-electron chi connectivity index (χ1n) is 5.91. The minimum atomic E-state index is 0.0993. The van der Waals surface area contributed by atoms with Crippen LogP contribution in [-0.4, -0.2) is 18.2 Å². The Bertz CT molecular complexity index is 202. The van der Waals surface area contributed by atoms with E-state index in [1.54, 1.807) is 0 Å². The van der Waals surface area contributed by atoms with E-state index in [2.05, 4.69) is 5.32 Å². The first kappa shape index (κ1) is 14.1. The van der Waals surface area contributed by atoms with Gasteiger partial charge in [0.05, 0.1) is 0 Å². The first-order chi connectivity index (χ1) is 7.11. The Balaban J connectivity index is 3.39. The Morgan fingerprint density at radius 1 is 1.20 bits per heavy atom. The molecule has 0 aliphatic rings. The molecule has 0 saturated heterocycles. The largest absolute Gasteiger partial charge is 0.356 e. The van der Waals surface area contributed by atoms with Crippen LogP contribution in [-0.2, 0) is 9.59 Å². The lowest BCUT2D eigenvalue weighted by molar-refractivity contribution is -0.124. The minimum absolute atomic E-state index is 0.0993. The summed E-state index contributed by atoms with van der Waals surface area (Å²) in [6.07, 6.45) is 3.93. The van der Waals surface area contributed by atoms with Gasteiger partial charge in [0.2, 0.25) is 5.91 Å². The topological polar surface area (TPSA) is 46.2 Å². The predicted molar refractivity (Wildman–Crippen MR) is 61.6 cm³/mol. The lowest BCUT2D eigenvalue weighted by atomic mass is 10.1. The lowest BCUT2D eigenvalue weighted by Crippen LogP contribution is -2.29. The number of nitrogens with one attached hydrogen (secondary N) is 1.